The zero-order chi connectivity index (χ0) is 22.6. The first-order valence-electron chi connectivity index (χ1n) is 10.2. The number of fused-ring (bicyclic) bond motifs is 1. The highest BCUT2D eigenvalue weighted by Gasteiger charge is 2.42. The predicted octanol–water partition coefficient (Wildman–Crippen LogP) is 2.48. The monoisotopic (exact) mass is 450 g/mol. The second kappa shape index (κ2) is 9.90. The molecular formula is C21H26N2O7S. The molecular weight excluding hydrogens is 424 g/mol. The van der Waals surface area contributed by atoms with Crippen LogP contribution in [0.25, 0.3) is 0 Å². The van der Waals surface area contributed by atoms with Crippen molar-refractivity contribution >= 4 is 41.2 Å². The van der Waals surface area contributed by atoms with E-state index in [1.165, 1.54) is 5.71 Å². The standard InChI is InChI=1S/C21H26N2O7S/c1-14-21(2,3)16-13-15(31-30-29-27)8-9-17(16)22(14)12-6-4-5-7-20(26)28-23-18(24)10-11-19(23)25/h8-9,13H,4-7,10-12H2,1-3H3. The average molecular weight is 451 g/mol. The minimum Gasteiger partial charge on any atom is -0.691 e. The van der Waals surface area contributed by atoms with Crippen LogP contribution in [0.3, 0.4) is 0 Å². The first kappa shape index (κ1) is 23.4. The van der Waals surface area contributed by atoms with E-state index in [4.69, 9.17) is 4.84 Å². The molecule has 0 aromatic heterocycles. The predicted molar refractivity (Wildman–Crippen MR) is 109 cm³/mol. The number of amides is 2. The average Bonchev–Trinajstić information content (AvgIpc) is 3.15. The largest absolute Gasteiger partial charge is 0.691 e. The third-order valence-corrected chi connectivity index (χ3v) is 6.43. The molecule has 168 valence electrons. The van der Waals surface area contributed by atoms with Gasteiger partial charge in [-0.2, -0.15) is 8.91 Å². The Kier molecular flexibility index (Phi) is 7.47. The van der Waals surface area contributed by atoms with E-state index in [1.54, 1.807) is 0 Å². The molecule has 2 aliphatic rings. The molecule has 1 saturated heterocycles. The number of unbranched alkanes of at least 4 members (excludes halogenated alkanes) is 2. The van der Waals surface area contributed by atoms with Crippen LogP contribution in [0.4, 0.5) is 5.69 Å². The van der Waals surface area contributed by atoms with Crippen molar-refractivity contribution in [3.8, 4) is 0 Å². The van der Waals surface area contributed by atoms with Crippen LogP contribution in [0.1, 0.15) is 64.9 Å². The number of nitrogens with zero attached hydrogens (tertiary/aromatic N) is 2. The Bertz CT molecular complexity index is 897. The van der Waals surface area contributed by atoms with Gasteiger partial charge in [-0.1, -0.05) is 0 Å². The van der Waals surface area contributed by atoms with E-state index in [2.05, 4.69) is 34.7 Å². The highest BCUT2D eigenvalue weighted by atomic mass is 32.2. The molecule has 0 aliphatic carbocycles. The summed E-state index contributed by atoms with van der Waals surface area (Å²) in [6, 6.07) is 5.88. The van der Waals surface area contributed by atoms with Crippen LogP contribution in [-0.2, 0) is 34.0 Å². The topological polar surface area (TPSA) is 108 Å². The molecule has 1 aromatic rings. The lowest BCUT2D eigenvalue weighted by atomic mass is 9.82. The molecule has 0 saturated carbocycles. The van der Waals surface area contributed by atoms with Crippen LogP contribution in [0.15, 0.2) is 23.1 Å². The van der Waals surface area contributed by atoms with Gasteiger partial charge in [-0.05, 0) is 38.8 Å². The molecule has 2 amide bonds. The van der Waals surface area contributed by atoms with Gasteiger partial charge in [0.25, 0.3) is 11.8 Å². The Labute approximate surface area is 185 Å². The SMILES string of the molecule is CC1=[N+](CCCCCC(=O)ON2C(=O)CCC2=O)c2ccc(SOO[O-])cc2C1(C)C. The number of hydroxylamine groups is 2. The van der Waals surface area contributed by atoms with Crippen molar-refractivity contribution in [2.45, 2.75) is 69.6 Å². The minimum absolute atomic E-state index is 0.0925. The van der Waals surface area contributed by atoms with Gasteiger partial charge in [0.2, 0.25) is 5.69 Å². The summed E-state index contributed by atoms with van der Waals surface area (Å²) in [5, 5.41) is 14.1. The highest BCUT2D eigenvalue weighted by Crippen LogP contribution is 2.41. The molecule has 0 atom stereocenters. The Hall–Kier alpha value is -2.27. The number of carbonyl (C=O) groups excluding carboxylic acids is 3. The third-order valence-electron chi connectivity index (χ3n) is 5.86. The van der Waals surface area contributed by atoms with Crippen molar-refractivity contribution in [2.75, 3.05) is 6.54 Å². The molecule has 0 bridgehead atoms. The van der Waals surface area contributed by atoms with Crippen molar-refractivity contribution in [1.82, 2.24) is 5.06 Å². The quantitative estimate of drug-likeness (QED) is 0.134. The first-order chi connectivity index (χ1) is 14.8. The summed E-state index contributed by atoms with van der Waals surface area (Å²) in [4.78, 5) is 40.5. The third kappa shape index (κ3) is 5.15. The smallest absolute Gasteiger partial charge is 0.333 e. The summed E-state index contributed by atoms with van der Waals surface area (Å²) in [6.45, 7) is 7.20. The highest BCUT2D eigenvalue weighted by molar-refractivity contribution is 7.94. The number of benzene rings is 1. The van der Waals surface area contributed by atoms with E-state index < -0.39 is 17.8 Å². The van der Waals surface area contributed by atoms with Gasteiger partial charge < -0.3 is 10.1 Å². The molecule has 1 aromatic carbocycles. The fourth-order valence-electron chi connectivity index (χ4n) is 3.88. The molecule has 2 heterocycles. The zero-order valence-corrected chi connectivity index (χ0v) is 18.7. The van der Waals surface area contributed by atoms with Crippen molar-refractivity contribution in [3.63, 3.8) is 0 Å². The Balaban J connectivity index is 1.50. The van der Waals surface area contributed by atoms with Crippen LogP contribution in [-0.4, -0.2) is 39.7 Å². The van der Waals surface area contributed by atoms with Gasteiger partial charge in [0, 0.05) is 49.1 Å². The molecule has 31 heavy (non-hydrogen) atoms. The maximum absolute atomic E-state index is 11.9. The van der Waals surface area contributed by atoms with E-state index in [0.717, 1.165) is 47.6 Å². The zero-order valence-electron chi connectivity index (χ0n) is 17.8. The molecule has 3 rings (SSSR count). The van der Waals surface area contributed by atoms with E-state index >= 15 is 0 Å². The molecule has 0 radical (unpaired) electrons. The maximum Gasteiger partial charge on any atom is 0.333 e. The second-order valence-electron chi connectivity index (χ2n) is 8.12. The number of imide groups is 1. The summed E-state index contributed by atoms with van der Waals surface area (Å²) in [6.07, 6.45) is 2.62. The molecule has 10 heteroatoms. The summed E-state index contributed by atoms with van der Waals surface area (Å²) < 4.78 is 6.70. The molecule has 0 spiro atoms. The van der Waals surface area contributed by atoms with Crippen molar-refractivity contribution < 1.29 is 38.4 Å². The summed E-state index contributed by atoms with van der Waals surface area (Å²) in [7, 11) is 0. The van der Waals surface area contributed by atoms with Gasteiger partial charge in [-0.25, -0.2) is 4.79 Å². The van der Waals surface area contributed by atoms with E-state index in [-0.39, 0.29) is 24.7 Å². The van der Waals surface area contributed by atoms with Gasteiger partial charge in [0.1, 0.15) is 6.54 Å². The fraction of sp³-hybridized carbons (Fsp3) is 0.524. The van der Waals surface area contributed by atoms with E-state index in [1.807, 2.05) is 18.2 Å². The van der Waals surface area contributed by atoms with Crippen molar-refractivity contribution in [1.29, 1.82) is 0 Å². The van der Waals surface area contributed by atoms with Crippen LogP contribution >= 0.6 is 12.0 Å². The lowest BCUT2D eigenvalue weighted by Gasteiger charge is -2.15. The van der Waals surface area contributed by atoms with Gasteiger partial charge in [-0.3, -0.25) is 14.6 Å². The number of rotatable bonds is 10. The normalized spacial score (nSPS) is 17.5. The molecule has 0 N–H and O–H groups in total. The first-order valence-corrected chi connectivity index (χ1v) is 11.0. The Morgan fingerprint density at radius 2 is 1.90 bits per heavy atom. The van der Waals surface area contributed by atoms with Crippen LogP contribution in [0, 0.1) is 0 Å². The molecule has 0 unspecified atom stereocenters. The van der Waals surface area contributed by atoms with Gasteiger partial charge in [0.15, 0.2) is 5.71 Å². The lowest BCUT2D eigenvalue weighted by Crippen LogP contribution is -2.31. The Morgan fingerprint density at radius 3 is 2.58 bits per heavy atom. The minimum atomic E-state index is -0.562. The molecule has 1 fully saturated rings. The van der Waals surface area contributed by atoms with Gasteiger partial charge >= 0.3 is 5.97 Å². The summed E-state index contributed by atoms with van der Waals surface area (Å²) in [5.41, 5.74) is 3.31. The van der Waals surface area contributed by atoms with Gasteiger partial charge in [-0.15, -0.1) is 5.06 Å². The second-order valence-corrected chi connectivity index (χ2v) is 8.89. The summed E-state index contributed by atoms with van der Waals surface area (Å²) in [5.74, 6) is -1.49. The maximum atomic E-state index is 11.9. The summed E-state index contributed by atoms with van der Waals surface area (Å²) >= 11 is 0.876. The van der Waals surface area contributed by atoms with Gasteiger partial charge in [0.05, 0.1) is 17.5 Å². The van der Waals surface area contributed by atoms with E-state index in [9.17, 15) is 19.6 Å². The number of hydrogen-bond acceptors (Lipinski definition) is 8. The number of carbonyl (C=O) groups is 3. The lowest BCUT2D eigenvalue weighted by molar-refractivity contribution is -0.777. The van der Waals surface area contributed by atoms with E-state index in [0.29, 0.717) is 11.5 Å². The van der Waals surface area contributed by atoms with Crippen LogP contribution in [0.5, 0.6) is 0 Å². The van der Waals surface area contributed by atoms with Crippen molar-refractivity contribution in [2.24, 2.45) is 0 Å². The Morgan fingerprint density at radius 1 is 1.19 bits per heavy atom. The molecule has 9 nitrogen and oxygen atoms in total. The molecule has 2 aliphatic heterocycles. The number of hydrogen-bond donors (Lipinski definition) is 0. The van der Waals surface area contributed by atoms with Crippen molar-refractivity contribution in [3.05, 3.63) is 23.8 Å². The fourth-order valence-corrected chi connectivity index (χ4v) is 4.27. The van der Waals surface area contributed by atoms with Crippen LogP contribution in [0.2, 0.25) is 0 Å². The van der Waals surface area contributed by atoms with Crippen LogP contribution < -0.4 is 5.26 Å².